The number of rotatable bonds is 23. The third-order valence-electron chi connectivity index (χ3n) is 22.8. The van der Waals surface area contributed by atoms with Crippen molar-refractivity contribution in [2.75, 3.05) is 48.2 Å². The van der Waals surface area contributed by atoms with Crippen LogP contribution in [0.2, 0.25) is 0 Å². The predicted molar refractivity (Wildman–Crippen MR) is 481 cm³/mol. The number of aryl methyl sites for hydroxylation is 2. The average molecular weight is 1890 g/mol. The Morgan fingerprint density at radius 2 is 0.947 bits per heavy atom. The molecular weight excluding hydrogens is 1800 g/mol. The smallest absolute Gasteiger partial charge is 0.333 e. The highest BCUT2D eigenvalue weighted by Crippen LogP contribution is 2.46. The van der Waals surface area contributed by atoms with Crippen molar-refractivity contribution in [3.05, 3.63) is 204 Å². The summed E-state index contributed by atoms with van der Waals surface area (Å²) in [6.45, 7) is 9.27. The number of methoxy groups -OCH3 is 1. The Bertz CT molecular complexity index is 7100. The average Bonchev–Trinajstić information content (AvgIpc) is 1.70. The number of hydrogen-bond donors (Lipinski definition) is 8. The molecule has 3 aliphatic heterocycles. The Balaban J connectivity index is 0.000000124. The number of pyridine rings is 4. The van der Waals surface area contributed by atoms with Gasteiger partial charge in [0.05, 0.1) is 79.7 Å². The van der Waals surface area contributed by atoms with Crippen LogP contribution in [-0.2, 0) is 84.3 Å². The third-order valence-corrected chi connectivity index (χ3v) is 27.7. The fourth-order valence-corrected chi connectivity index (χ4v) is 18.8. The van der Waals surface area contributed by atoms with Crippen molar-refractivity contribution in [1.82, 2.24) is 83.2 Å². The number of carbonyl (C=O) groups excluding carboxylic acids is 4. The summed E-state index contributed by atoms with van der Waals surface area (Å²) < 4.78 is 157. The minimum atomic E-state index is -4.23. The highest BCUT2D eigenvalue weighted by atomic mass is 32.2. The molecule has 8 amide bonds. The third kappa shape index (κ3) is 21.0. The van der Waals surface area contributed by atoms with E-state index in [1.54, 1.807) is 94.4 Å². The Morgan fingerprint density at radius 3 is 1.44 bits per heavy atom. The molecule has 8 N–H and O–H groups in total. The zero-order chi connectivity index (χ0) is 93.3. The molecule has 4 aromatic carbocycles. The number of carbonyl (C=O) groups is 4. The molecule has 44 heteroatoms. The van der Waals surface area contributed by atoms with Crippen molar-refractivity contribution < 1.29 is 80.9 Å². The maximum Gasteiger partial charge on any atom is 0.333 e. The number of aromatic nitrogens is 13. The lowest BCUT2D eigenvalue weighted by atomic mass is 9.93. The summed E-state index contributed by atoms with van der Waals surface area (Å²) in [7, 11) is -15.2. The van der Waals surface area contributed by atoms with Gasteiger partial charge in [-0.3, -0.25) is 19.0 Å². The van der Waals surface area contributed by atoms with E-state index in [0.29, 0.717) is 137 Å². The number of urea groups is 4. The standard InChI is InChI=1S/C24H25N5O5S.C22H23N7O3S.C22H23N5O5S.C21H20FN5O4S/c30-24(28-35(31,32)22-9-12-29(27-22)16-2-1-3-16)26-23-18(6-7-20-19(23)10-13-33-20)15-8-11-25-21(14-15)34-17-4-5-17;1-22(2,3)29-25-13-19(27-29)33(31,32)28-21(30)26-20-17-6-4-5-14(17)7-8-18(20)15-9-10-24-16(11-15)12-23;1-31-19-12-15(6-9-23-19)16-4-5-18-17(8-11-32-18)21(16)24-22(28)26-33(29,30)20-7-10-27(25-20)13-14-2-3-14;1-12-10-16(17(22)11-23-12)14-4-5-18-15(7-9-31-18)20(14)24-21(28)26-32(29,30)19-6-8-27(25-19)13-2-3-13/h6-9,11-12,14,16-17H,1-5,10,13H2,(H2,26,28,30);7-11,13H,4-6H2,1-3H3,(H2,26,28,30);4-7,9-10,12,14H,2-3,8,11,13H2,1H3,(H2,24,26,28);4-6,8,10-11,13H,2-3,7,9H2,1H3,(H2,24,26,28). The topological polar surface area (TPSA) is 507 Å². The lowest BCUT2D eigenvalue weighted by Crippen LogP contribution is -2.35. The van der Waals surface area contributed by atoms with Crippen molar-refractivity contribution in [2.45, 2.75) is 174 Å². The molecule has 0 radical (unpaired) electrons. The van der Waals surface area contributed by atoms with Crippen molar-refractivity contribution in [3.63, 3.8) is 0 Å². The van der Waals surface area contributed by atoms with Gasteiger partial charge in [0.25, 0.3) is 40.1 Å². The minimum absolute atomic E-state index is 0.183. The molecule has 12 aromatic rings. The summed E-state index contributed by atoms with van der Waals surface area (Å²) in [5.41, 5.74) is 11.4. The van der Waals surface area contributed by atoms with E-state index >= 15 is 0 Å². The first-order valence-corrected chi connectivity index (χ1v) is 48.8. The van der Waals surface area contributed by atoms with Gasteiger partial charge in [-0.05, 0) is 223 Å². The van der Waals surface area contributed by atoms with E-state index < -0.39 is 75.6 Å². The summed E-state index contributed by atoms with van der Waals surface area (Å²) in [6.07, 6.45) is 25.5. The van der Waals surface area contributed by atoms with E-state index in [2.05, 4.69) is 76.1 Å². The zero-order valence-corrected chi connectivity index (χ0v) is 75.7. The van der Waals surface area contributed by atoms with E-state index in [0.717, 1.165) is 128 Å². The number of sulfonamides is 4. The van der Waals surface area contributed by atoms with Gasteiger partial charge in [-0.15, -0.1) is 5.10 Å². The van der Waals surface area contributed by atoms with E-state index in [-0.39, 0.29) is 49.5 Å². The molecule has 0 atom stereocenters. The second-order valence-corrected chi connectivity index (χ2v) is 40.1. The molecule has 5 aliphatic carbocycles. The Kier molecular flexibility index (Phi) is 25.5. The van der Waals surface area contributed by atoms with Crippen molar-refractivity contribution in [3.8, 4) is 79.6 Å². The number of benzene rings is 4. The molecule has 8 aliphatic rings. The second kappa shape index (κ2) is 37.4. The van der Waals surface area contributed by atoms with E-state index in [9.17, 15) is 62.5 Å². The number of nitrogens with one attached hydrogen (secondary N) is 8. The van der Waals surface area contributed by atoms with Crippen LogP contribution < -0.4 is 63.8 Å². The number of nitriles is 1. The molecule has 4 fully saturated rings. The lowest BCUT2D eigenvalue weighted by molar-refractivity contribution is 0.255. The maximum absolute atomic E-state index is 14.6. The van der Waals surface area contributed by atoms with Crippen molar-refractivity contribution >= 4 is 87.0 Å². The summed E-state index contributed by atoms with van der Waals surface area (Å²) in [6, 6.07) is 29.6. The molecule has 690 valence electrons. The van der Waals surface area contributed by atoms with Crippen molar-refractivity contribution in [1.29, 1.82) is 5.26 Å². The first-order chi connectivity index (χ1) is 63.8. The molecule has 4 saturated carbocycles. The number of amides is 8. The summed E-state index contributed by atoms with van der Waals surface area (Å²) >= 11 is 0. The van der Waals surface area contributed by atoms with Crippen LogP contribution in [0.15, 0.2) is 179 Å². The van der Waals surface area contributed by atoms with Gasteiger partial charge in [-0.25, -0.2) is 57.4 Å². The van der Waals surface area contributed by atoms with Gasteiger partial charge in [0.2, 0.25) is 16.8 Å². The van der Waals surface area contributed by atoms with Crippen LogP contribution in [0.5, 0.6) is 29.0 Å². The summed E-state index contributed by atoms with van der Waals surface area (Å²) in [5.74, 6) is 2.79. The van der Waals surface area contributed by atoms with Crippen LogP contribution in [0.1, 0.15) is 136 Å². The van der Waals surface area contributed by atoms with E-state index in [1.165, 1.54) is 36.3 Å². The van der Waals surface area contributed by atoms with Gasteiger partial charge in [0, 0.05) is 125 Å². The van der Waals surface area contributed by atoms with Crippen LogP contribution in [0.3, 0.4) is 0 Å². The zero-order valence-electron chi connectivity index (χ0n) is 72.5. The Labute approximate surface area is 763 Å². The van der Waals surface area contributed by atoms with Crippen molar-refractivity contribution in [2.24, 2.45) is 5.92 Å². The monoisotopic (exact) mass is 1890 g/mol. The van der Waals surface area contributed by atoms with Gasteiger partial charge in [-0.1, -0.05) is 12.1 Å². The number of ether oxygens (including phenoxy) is 5. The highest BCUT2D eigenvalue weighted by Gasteiger charge is 2.35. The van der Waals surface area contributed by atoms with Crippen LogP contribution in [0, 0.1) is 30.0 Å². The SMILES string of the molecule is CC(C)(C)n1ncc(S(=O)(=O)NC(=O)Nc2c(-c3ccnc(C#N)c3)ccc3c2CCC3)n1.COc1cc(-c2ccc3c(c2NC(=O)NS(=O)(=O)c2ccn(CC4CC4)n2)CCO3)ccn1.Cc1cc(-c2ccc3c(c2NC(=O)NS(=O)(=O)c2ccn(C4CC4)n2)CCO3)c(F)cn1.O=C(Nc1c(-c2ccnc(OC3CC3)c2)ccc2c1CCO2)NS(=O)(=O)c1ccn(C2CCC2)n1. The number of hydrogen-bond acceptors (Lipinski definition) is 27. The van der Waals surface area contributed by atoms with Gasteiger partial charge >= 0.3 is 24.1 Å². The Hall–Kier alpha value is -14.5. The largest absolute Gasteiger partial charge is 0.493 e. The molecule has 0 spiro atoms. The molecule has 11 heterocycles. The Morgan fingerprint density at radius 1 is 0.481 bits per heavy atom. The summed E-state index contributed by atoms with van der Waals surface area (Å²) in [5, 5.41) is 39.3. The molecule has 133 heavy (non-hydrogen) atoms. The van der Waals surface area contributed by atoms with Crippen LogP contribution >= 0.6 is 0 Å². The predicted octanol–water partition coefficient (Wildman–Crippen LogP) is 12.6. The minimum Gasteiger partial charge on any atom is -0.493 e. The number of fused-ring (bicyclic) bond motifs is 4. The normalized spacial score (nSPS) is 15.2. The molecule has 0 bridgehead atoms. The number of halogens is 1. The molecule has 8 aromatic heterocycles. The lowest BCUT2D eigenvalue weighted by Gasteiger charge is -2.25. The first kappa shape index (κ1) is 90.5. The van der Waals surface area contributed by atoms with E-state index in [1.807, 2.05) is 84.8 Å². The van der Waals surface area contributed by atoms with Crippen LogP contribution in [0.4, 0.5) is 46.3 Å². The molecule has 0 unspecified atom stereocenters. The first-order valence-electron chi connectivity index (χ1n) is 42.8. The molecular formula is C89H91FN22O17S4. The second-order valence-electron chi connectivity index (χ2n) is 33.6. The molecule has 39 nitrogen and oxygen atoms in total. The maximum atomic E-state index is 14.6. The number of nitrogens with zero attached hydrogens (tertiary/aromatic N) is 14. The molecule has 20 rings (SSSR count). The summed E-state index contributed by atoms with van der Waals surface area (Å²) in [4.78, 5) is 68.8. The van der Waals surface area contributed by atoms with E-state index in [4.69, 9.17) is 23.7 Å². The molecule has 0 saturated heterocycles. The highest BCUT2D eigenvalue weighted by molar-refractivity contribution is 7.90. The fraction of sp³-hybridized carbons (Fsp3) is 0.326. The van der Waals surface area contributed by atoms with Gasteiger partial charge in [-0.2, -0.15) is 64.1 Å². The van der Waals surface area contributed by atoms with Crippen LogP contribution in [-0.4, -0.2) is 155 Å². The van der Waals surface area contributed by atoms with Gasteiger partial charge in [0.15, 0.2) is 15.1 Å². The van der Waals surface area contributed by atoms with Crippen LogP contribution in [0.25, 0.3) is 44.5 Å². The fourth-order valence-electron chi connectivity index (χ4n) is 15.5. The van der Waals surface area contributed by atoms with Gasteiger partial charge < -0.3 is 45.0 Å². The quantitative estimate of drug-likeness (QED) is 0.0295. The number of anilines is 4. The van der Waals surface area contributed by atoms with Gasteiger partial charge in [0.1, 0.15) is 40.9 Å².